The van der Waals surface area contributed by atoms with Crippen LogP contribution in [-0.4, -0.2) is 32.9 Å². The zero-order valence-electron chi connectivity index (χ0n) is 13.4. The standard InChI is InChI=1S/C17H22ClN3O2/c1-2-6-15(22)21-10-4-3-9-14(21)17-19-16(20-23-17)12-7-5-8-13(18)11-12/h5,7,11,13-14H,2-4,6,8-10H2,1H3. The van der Waals surface area contributed by atoms with Crippen molar-refractivity contribution in [2.45, 2.75) is 56.9 Å². The van der Waals surface area contributed by atoms with Crippen LogP contribution < -0.4 is 0 Å². The van der Waals surface area contributed by atoms with Gasteiger partial charge in [0.1, 0.15) is 6.04 Å². The molecule has 6 heteroatoms. The van der Waals surface area contributed by atoms with Crippen LogP contribution >= 0.6 is 11.6 Å². The Morgan fingerprint density at radius 2 is 2.35 bits per heavy atom. The van der Waals surface area contributed by atoms with Crippen molar-refractivity contribution >= 4 is 23.1 Å². The number of allylic oxidation sites excluding steroid dienone is 4. The van der Waals surface area contributed by atoms with Crippen molar-refractivity contribution in [1.82, 2.24) is 15.0 Å². The maximum atomic E-state index is 12.3. The van der Waals surface area contributed by atoms with Crippen LogP contribution in [0.2, 0.25) is 0 Å². The number of halogens is 1. The van der Waals surface area contributed by atoms with Crippen molar-refractivity contribution in [3.63, 3.8) is 0 Å². The topological polar surface area (TPSA) is 59.2 Å². The van der Waals surface area contributed by atoms with Gasteiger partial charge in [-0.1, -0.05) is 30.3 Å². The minimum Gasteiger partial charge on any atom is -0.337 e. The average molecular weight is 336 g/mol. The molecule has 2 heterocycles. The van der Waals surface area contributed by atoms with E-state index in [-0.39, 0.29) is 17.3 Å². The summed E-state index contributed by atoms with van der Waals surface area (Å²) in [6.07, 6.45) is 11.2. The van der Waals surface area contributed by atoms with E-state index in [4.69, 9.17) is 16.1 Å². The highest BCUT2D eigenvalue weighted by Crippen LogP contribution is 2.32. The van der Waals surface area contributed by atoms with E-state index in [1.807, 2.05) is 30.1 Å². The maximum Gasteiger partial charge on any atom is 0.249 e. The molecule has 23 heavy (non-hydrogen) atoms. The van der Waals surface area contributed by atoms with Gasteiger partial charge in [0.25, 0.3) is 0 Å². The summed E-state index contributed by atoms with van der Waals surface area (Å²) in [7, 11) is 0. The highest BCUT2D eigenvalue weighted by atomic mass is 35.5. The smallest absolute Gasteiger partial charge is 0.249 e. The number of rotatable bonds is 4. The molecule has 2 unspecified atom stereocenters. The molecule has 1 amide bonds. The fourth-order valence-corrected chi connectivity index (χ4v) is 3.36. The summed E-state index contributed by atoms with van der Waals surface area (Å²) < 4.78 is 5.48. The Balaban J connectivity index is 1.80. The van der Waals surface area contributed by atoms with E-state index in [1.54, 1.807) is 0 Å². The second-order valence-electron chi connectivity index (χ2n) is 6.08. The molecule has 5 nitrogen and oxygen atoms in total. The second kappa shape index (κ2) is 7.30. The Hall–Kier alpha value is -1.62. The number of piperidine rings is 1. The molecule has 1 fully saturated rings. The Bertz CT molecular complexity index is 623. The zero-order chi connectivity index (χ0) is 16.2. The molecular formula is C17H22ClN3O2. The molecule has 1 saturated heterocycles. The van der Waals surface area contributed by atoms with E-state index in [0.717, 1.165) is 44.2 Å². The number of nitrogens with zero attached hydrogens (tertiary/aromatic N) is 3. The first-order chi connectivity index (χ1) is 11.2. The predicted octanol–water partition coefficient (Wildman–Crippen LogP) is 3.87. The van der Waals surface area contributed by atoms with Gasteiger partial charge in [-0.3, -0.25) is 4.79 Å². The number of alkyl halides is 1. The second-order valence-corrected chi connectivity index (χ2v) is 6.64. The van der Waals surface area contributed by atoms with Crippen LogP contribution in [0.1, 0.15) is 63.2 Å². The molecule has 3 rings (SSSR count). The van der Waals surface area contributed by atoms with Gasteiger partial charge in [0, 0.05) is 18.5 Å². The quantitative estimate of drug-likeness (QED) is 0.783. The predicted molar refractivity (Wildman–Crippen MR) is 88.9 cm³/mol. The van der Waals surface area contributed by atoms with Crippen molar-refractivity contribution in [3.8, 4) is 0 Å². The van der Waals surface area contributed by atoms with Crippen LogP contribution in [0.5, 0.6) is 0 Å². The van der Waals surface area contributed by atoms with Crippen molar-refractivity contribution in [2.75, 3.05) is 6.54 Å². The summed E-state index contributed by atoms with van der Waals surface area (Å²) in [5.74, 6) is 1.26. The van der Waals surface area contributed by atoms with Gasteiger partial charge in [-0.25, -0.2) is 0 Å². The number of carbonyl (C=O) groups excluding carboxylic acids is 1. The number of hydrogen-bond acceptors (Lipinski definition) is 4. The van der Waals surface area contributed by atoms with Crippen molar-refractivity contribution in [2.24, 2.45) is 0 Å². The third kappa shape index (κ3) is 3.66. The molecule has 2 atom stereocenters. The van der Waals surface area contributed by atoms with Gasteiger partial charge in [-0.2, -0.15) is 4.98 Å². The Labute approximate surface area is 141 Å². The lowest BCUT2D eigenvalue weighted by Crippen LogP contribution is -2.38. The van der Waals surface area contributed by atoms with Gasteiger partial charge >= 0.3 is 0 Å². The third-order valence-electron chi connectivity index (χ3n) is 4.29. The average Bonchev–Trinajstić information content (AvgIpc) is 3.05. The van der Waals surface area contributed by atoms with Crippen LogP contribution in [0.15, 0.2) is 22.8 Å². The molecule has 0 radical (unpaired) electrons. The molecule has 1 aromatic rings. The van der Waals surface area contributed by atoms with E-state index in [2.05, 4.69) is 10.1 Å². The van der Waals surface area contributed by atoms with Crippen LogP contribution in [0.25, 0.3) is 5.57 Å². The van der Waals surface area contributed by atoms with Crippen LogP contribution in [0.4, 0.5) is 0 Å². The van der Waals surface area contributed by atoms with Gasteiger partial charge in [-0.05, 0) is 32.1 Å². The fraction of sp³-hybridized carbons (Fsp3) is 0.588. The SMILES string of the molecule is CCCC(=O)N1CCCCC1c1nc(C2=CC(Cl)CC=C2)no1. The first-order valence-electron chi connectivity index (χ1n) is 8.35. The van der Waals surface area contributed by atoms with Crippen LogP contribution in [-0.2, 0) is 4.79 Å². The molecule has 1 aliphatic heterocycles. The lowest BCUT2D eigenvalue weighted by Gasteiger charge is -2.33. The summed E-state index contributed by atoms with van der Waals surface area (Å²) in [5, 5.41) is 4.05. The summed E-state index contributed by atoms with van der Waals surface area (Å²) >= 11 is 6.15. The van der Waals surface area contributed by atoms with E-state index >= 15 is 0 Å². The third-order valence-corrected chi connectivity index (χ3v) is 4.60. The highest BCUT2D eigenvalue weighted by Gasteiger charge is 2.31. The van der Waals surface area contributed by atoms with Crippen molar-refractivity contribution in [1.29, 1.82) is 0 Å². The highest BCUT2D eigenvalue weighted by molar-refractivity contribution is 6.22. The maximum absolute atomic E-state index is 12.3. The molecule has 0 N–H and O–H groups in total. The van der Waals surface area contributed by atoms with E-state index < -0.39 is 0 Å². The minimum absolute atomic E-state index is 0.0331. The number of hydrogen-bond donors (Lipinski definition) is 0. The lowest BCUT2D eigenvalue weighted by atomic mass is 10.0. The van der Waals surface area contributed by atoms with Gasteiger partial charge in [-0.15, -0.1) is 11.6 Å². The normalized spacial score (nSPS) is 24.6. The molecular weight excluding hydrogens is 314 g/mol. The van der Waals surface area contributed by atoms with E-state index in [0.29, 0.717) is 18.1 Å². The zero-order valence-corrected chi connectivity index (χ0v) is 14.1. The van der Waals surface area contributed by atoms with Crippen molar-refractivity contribution < 1.29 is 9.32 Å². The van der Waals surface area contributed by atoms with Crippen LogP contribution in [0.3, 0.4) is 0 Å². The van der Waals surface area contributed by atoms with E-state index in [9.17, 15) is 4.79 Å². The molecule has 0 aromatic carbocycles. The van der Waals surface area contributed by atoms with Gasteiger partial charge in [0.2, 0.25) is 17.6 Å². The van der Waals surface area contributed by atoms with Crippen LogP contribution in [0, 0.1) is 0 Å². The molecule has 0 saturated carbocycles. The summed E-state index contributed by atoms with van der Waals surface area (Å²) in [6.45, 7) is 2.79. The van der Waals surface area contributed by atoms with Gasteiger partial charge in [0.05, 0.1) is 5.38 Å². The Morgan fingerprint density at radius 3 is 3.13 bits per heavy atom. The minimum atomic E-state index is -0.0935. The summed E-state index contributed by atoms with van der Waals surface area (Å²) in [6, 6.07) is -0.0935. The summed E-state index contributed by atoms with van der Waals surface area (Å²) in [5.41, 5.74) is 0.883. The molecule has 0 bridgehead atoms. The summed E-state index contributed by atoms with van der Waals surface area (Å²) in [4.78, 5) is 18.8. The molecule has 1 aromatic heterocycles. The number of amides is 1. The molecule has 124 valence electrons. The van der Waals surface area contributed by atoms with Gasteiger partial charge in [0.15, 0.2) is 0 Å². The first kappa shape index (κ1) is 16.2. The Kier molecular flexibility index (Phi) is 5.16. The van der Waals surface area contributed by atoms with E-state index in [1.165, 1.54) is 0 Å². The molecule has 0 spiro atoms. The number of carbonyl (C=O) groups is 1. The lowest BCUT2D eigenvalue weighted by molar-refractivity contribution is -0.135. The number of aromatic nitrogens is 2. The fourth-order valence-electron chi connectivity index (χ4n) is 3.12. The largest absolute Gasteiger partial charge is 0.337 e. The first-order valence-corrected chi connectivity index (χ1v) is 8.78. The molecule has 2 aliphatic rings. The number of likely N-dealkylation sites (tertiary alicyclic amines) is 1. The van der Waals surface area contributed by atoms with Gasteiger partial charge < -0.3 is 9.42 Å². The molecule has 1 aliphatic carbocycles. The Morgan fingerprint density at radius 1 is 1.48 bits per heavy atom. The van der Waals surface area contributed by atoms with Crippen molar-refractivity contribution in [3.05, 3.63) is 29.9 Å². The monoisotopic (exact) mass is 335 g/mol.